The fourth-order valence-corrected chi connectivity index (χ4v) is 4.79. The normalized spacial score (nSPS) is 12.6. The molecule has 0 amide bonds. The molecule has 7 nitrogen and oxygen atoms in total. The Kier molecular flexibility index (Phi) is 6.02. The lowest BCUT2D eigenvalue weighted by Gasteiger charge is -2.18. The van der Waals surface area contributed by atoms with Crippen LogP contribution in [-0.4, -0.2) is 37.5 Å². The first-order valence-electron chi connectivity index (χ1n) is 8.95. The van der Waals surface area contributed by atoms with Crippen LogP contribution in [0.2, 0.25) is 5.02 Å². The van der Waals surface area contributed by atoms with E-state index in [0.717, 1.165) is 22.6 Å². The molecular weight excluding hydrogens is 398 g/mol. The van der Waals surface area contributed by atoms with Gasteiger partial charge in [-0.3, -0.25) is 13.9 Å². The van der Waals surface area contributed by atoms with Crippen LogP contribution in [0, 0.1) is 6.92 Å². The van der Waals surface area contributed by atoms with Crippen LogP contribution in [-0.2, 0) is 20.6 Å². The minimum atomic E-state index is -0.395. The summed E-state index contributed by atoms with van der Waals surface area (Å²) < 4.78 is 4.30. The van der Waals surface area contributed by atoms with Crippen LogP contribution in [0.15, 0.2) is 32.9 Å². The van der Waals surface area contributed by atoms with Crippen LogP contribution in [0.4, 0.5) is 0 Å². The number of rotatable bonds is 6. The summed E-state index contributed by atoms with van der Waals surface area (Å²) in [4.78, 5) is 31.1. The van der Waals surface area contributed by atoms with E-state index in [9.17, 15) is 9.59 Å². The average molecular weight is 422 g/mol. The van der Waals surface area contributed by atoms with Gasteiger partial charge in [-0.2, -0.15) is 0 Å². The summed E-state index contributed by atoms with van der Waals surface area (Å²) in [6.45, 7) is 5.12. The molecule has 28 heavy (non-hydrogen) atoms. The molecular formula is C19H24ClN5O2S. The van der Waals surface area contributed by atoms with Crippen molar-refractivity contribution in [2.24, 2.45) is 14.1 Å². The molecule has 3 rings (SSSR count). The highest BCUT2D eigenvalue weighted by molar-refractivity contribution is 8.00. The quantitative estimate of drug-likeness (QED) is 0.617. The maximum Gasteiger partial charge on any atom is 0.332 e. The Labute approximate surface area is 172 Å². The monoisotopic (exact) mass is 421 g/mol. The second-order valence-electron chi connectivity index (χ2n) is 6.96. The zero-order valence-corrected chi connectivity index (χ0v) is 18.2. The van der Waals surface area contributed by atoms with Crippen molar-refractivity contribution in [2.75, 3.05) is 13.6 Å². The number of nitrogens with one attached hydrogen (secondary N) is 1. The Morgan fingerprint density at radius 3 is 2.68 bits per heavy atom. The molecule has 0 saturated carbocycles. The summed E-state index contributed by atoms with van der Waals surface area (Å²) in [6, 6.07) is 3.74. The van der Waals surface area contributed by atoms with Gasteiger partial charge in [-0.25, -0.2) is 9.78 Å². The third-order valence-electron chi connectivity index (χ3n) is 4.66. The Morgan fingerprint density at radius 1 is 1.29 bits per heavy atom. The lowest BCUT2D eigenvalue weighted by molar-refractivity contribution is 0.649. The van der Waals surface area contributed by atoms with Gasteiger partial charge < -0.3 is 9.88 Å². The fourth-order valence-electron chi connectivity index (χ4n) is 3.32. The molecule has 0 aliphatic carbocycles. The highest BCUT2D eigenvalue weighted by Crippen LogP contribution is 2.32. The van der Waals surface area contributed by atoms with Crippen molar-refractivity contribution in [3.63, 3.8) is 0 Å². The van der Waals surface area contributed by atoms with E-state index < -0.39 is 5.69 Å². The molecule has 3 aromatic rings. The number of hydrogen-bond acceptors (Lipinski definition) is 5. The van der Waals surface area contributed by atoms with E-state index >= 15 is 0 Å². The Hall–Kier alpha value is -2.03. The molecule has 0 fully saturated rings. The number of fused-ring (bicyclic) bond motifs is 1. The first kappa shape index (κ1) is 20.7. The van der Waals surface area contributed by atoms with Crippen molar-refractivity contribution in [3.8, 4) is 0 Å². The molecule has 9 heteroatoms. The van der Waals surface area contributed by atoms with Gasteiger partial charge in [0.2, 0.25) is 0 Å². The number of aryl methyl sites for hydroxylation is 3. The number of aromatic nitrogens is 4. The molecule has 0 aliphatic rings. The van der Waals surface area contributed by atoms with Gasteiger partial charge in [0.25, 0.3) is 5.56 Å². The van der Waals surface area contributed by atoms with Crippen molar-refractivity contribution in [1.29, 1.82) is 0 Å². The van der Waals surface area contributed by atoms with E-state index in [-0.39, 0.29) is 12.1 Å². The number of benzene rings is 1. The van der Waals surface area contributed by atoms with Crippen LogP contribution in [0.5, 0.6) is 0 Å². The standard InChI is InChI=1S/C19H24ClN5O2S/c1-11-6-14(20)7-13(16(11)28-12(2)8-21-3)9-25-18(26)15-17(22-10-23(15)4)24(5)19(25)27/h6-7,10,12,21H,8-9H2,1-5H3. The summed E-state index contributed by atoms with van der Waals surface area (Å²) in [5, 5.41) is 4.08. The first-order valence-corrected chi connectivity index (χ1v) is 10.2. The number of halogens is 1. The number of imidazole rings is 1. The third kappa shape index (κ3) is 3.76. The average Bonchev–Trinajstić information content (AvgIpc) is 3.01. The lowest BCUT2D eigenvalue weighted by Crippen LogP contribution is -2.40. The smallest absolute Gasteiger partial charge is 0.328 e. The van der Waals surface area contributed by atoms with Crippen LogP contribution in [0.3, 0.4) is 0 Å². The zero-order valence-electron chi connectivity index (χ0n) is 16.6. The molecule has 0 spiro atoms. The molecule has 150 valence electrons. The van der Waals surface area contributed by atoms with Gasteiger partial charge in [-0.15, -0.1) is 11.8 Å². The minimum absolute atomic E-state index is 0.155. The Balaban J connectivity index is 2.16. The third-order valence-corrected chi connectivity index (χ3v) is 6.26. The van der Waals surface area contributed by atoms with Gasteiger partial charge in [0.15, 0.2) is 11.2 Å². The summed E-state index contributed by atoms with van der Waals surface area (Å²) in [5.74, 6) is 0. The molecule has 1 N–H and O–H groups in total. The second kappa shape index (κ2) is 8.14. The molecule has 1 aromatic carbocycles. The van der Waals surface area contributed by atoms with E-state index in [4.69, 9.17) is 11.6 Å². The fraction of sp³-hybridized carbons (Fsp3) is 0.421. The van der Waals surface area contributed by atoms with E-state index in [0.29, 0.717) is 21.4 Å². The Morgan fingerprint density at radius 2 is 2.00 bits per heavy atom. The van der Waals surface area contributed by atoms with Crippen LogP contribution >= 0.6 is 23.4 Å². The molecule has 0 radical (unpaired) electrons. The topological polar surface area (TPSA) is 73.8 Å². The van der Waals surface area contributed by atoms with Gasteiger partial charge in [-0.1, -0.05) is 18.5 Å². The van der Waals surface area contributed by atoms with Crippen molar-refractivity contribution >= 4 is 34.5 Å². The minimum Gasteiger partial charge on any atom is -0.328 e. The summed E-state index contributed by atoms with van der Waals surface area (Å²) in [7, 11) is 5.29. The van der Waals surface area contributed by atoms with E-state index in [1.165, 1.54) is 9.13 Å². The lowest BCUT2D eigenvalue weighted by atomic mass is 10.1. The van der Waals surface area contributed by atoms with Crippen molar-refractivity contribution in [3.05, 3.63) is 55.4 Å². The Bertz CT molecular complexity index is 1150. The summed E-state index contributed by atoms with van der Waals surface area (Å²) in [5.41, 5.74) is 1.93. The van der Waals surface area contributed by atoms with Crippen molar-refractivity contribution in [2.45, 2.75) is 30.5 Å². The maximum absolute atomic E-state index is 13.0. The van der Waals surface area contributed by atoms with Crippen LogP contribution < -0.4 is 16.6 Å². The summed E-state index contributed by atoms with van der Waals surface area (Å²) in [6.07, 6.45) is 1.54. The molecule has 2 aromatic heterocycles. The highest BCUT2D eigenvalue weighted by Gasteiger charge is 2.18. The first-order chi connectivity index (χ1) is 13.2. The number of thioether (sulfide) groups is 1. The molecule has 0 aliphatic heterocycles. The molecule has 2 heterocycles. The van der Waals surface area contributed by atoms with E-state index in [1.807, 2.05) is 26.1 Å². The van der Waals surface area contributed by atoms with Gasteiger partial charge in [-0.05, 0) is 37.2 Å². The number of nitrogens with zero attached hydrogens (tertiary/aromatic N) is 4. The van der Waals surface area contributed by atoms with Gasteiger partial charge in [0.05, 0.1) is 12.9 Å². The van der Waals surface area contributed by atoms with Gasteiger partial charge in [0.1, 0.15) is 0 Å². The molecule has 1 atom stereocenters. The molecule has 1 unspecified atom stereocenters. The van der Waals surface area contributed by atoms with Crippen LogP contribution in [0.25, 0.3) is 11.2 Å². The van der Waals surface area contributed by atoms with Crippen molar-refractivity contribution < 1.29 is 0 Å². The predicted octanol–water partition coefficient (Wildman–Crippen LogP) is 2.14. The highest BCUT2D eigenvalue weighted by atomic mass is 35.5. The number of hydrogen-bond donors (Lipinski definition) is 1. The van der Waals surface area contributed by atoms with E-state index in [2.05, 4.69) is 17.2 Å². The van der Waals surface area contributed by atoms with Gasteiger partial charge in [0, 0.05) is 35.8 Å². The largest absolute Gasteiger partial charge is 0.332 e. The van der Waals surface area contributed by atoms with Gasteiger partial charge >= 0.3 is 5.69 Å². The SMILES string of the molecule is CNCC(C)Sc1c(C)cc(Cl)cc1Cn1c(=O)c2c(ncn2C)n(C)c1=O. The zero-order chi connectivity index (χ0) is 20.6. The van der Waals surface area contributed by atoms with Crippen LogP contribution in [0.1, 0.15) is 18.1 Å². The van der Waals surface area contributed by atoms with Crippen molar-refractivity contribution in [1.82, 2.24) is 24.0 Å². The summed E-state index contributed by atoms with van der Waals surface area (Å²) >= 11 is 8.00. The van der Waals surface area contributed by atoms with E-state index in [1.54, 1.807) is 36.8 Å². The molecule has 0 saturated heterocycles. The second-order valence-corrected chi connectivity index (χ2v) is 8.84. The molecule has 0 bridgehead atoms. The predicted molar refractivity (Wildman–Crippen MR) is 115 cm³/mol. The maximum atomic E-state index is 13.0.